The topological polar surface area (TPSA) is 46.6 Å². The lowest BCUT2D eigenvalue weighted by atomic mass is 10.2. The highest BCUT2D eigenvalue weighted by Gasteiger charge is 2.35. The molecule has 1 fully saturated rings. The Morgan fingerprint density at radius 2 is 2.14 bits per heavy atom. The zero-order valence-electron chi connectivity index (χ0n) is 8.54. The second kappa shape index (κ2) is 3.55. The van der Waals surface area contributed by atoms with Gasteiger partial charge in [0.05, 0.1) is 13.1 Å². The third-order valence-electron chi connectivity index (χ3n) is 1.73. The molecule has 0 aromatic rings. The van der Waals surface area contributed by atoms with Crippen molar-refractivity contribution in [1.29, 1.82) is 0 Å². The number of amides is 1. The van der Waals surface area contributed by atoms with Crippen LogP contribution in [0.2, 0.25) is 0 Å². The molecule has 5 heteroatoms. The Morgan fingerprint density at radius 1 is 1.57 bits per heavy atom. The highest BCUT2D eigenvalue weighted by atomic mass is 19.1. The first-order valence-electron chi connectivity index (χ1n) is 4.44. The molecule has 1 heterocycles. The van der Waals surface area contributed by atoms with Crippen molar-refractivity contribution in [3.8, 4) is 0 Å². The zero-order chi connectivity index (χ0) is 10.9. The molecule has 0 aromatic carbocycles. The minimum atomic E-state index is -1.55. The van der Waals surface area contributed by atoms with Gasteiger partial charge in [0, 0.05) is 0 Å². The molecule has 0 radical (unpaired) electrons. The van der Waals surface area contributed by atoms with Crippen molar-refractivity contribution in [2.24, 2.45) is 0 Å². The van der Waals surface area contributed by atoms with E-state index in [0.29, 0.717) is 0 Å². The Kier molecular flexibility index (Phi) is 2.78. The van der Waals surface area contributed by atoms with Gasteiger partial charge < -0.3 is 4.74 Å². The molecule has 0 aromatic heterocycles. The van der Waals surface area contributed by atoms with Crippen molar-refractivity contribution in [1.82, 2.24) is 4.90 Å². The summed E-state index contributed by atoms with van der Waals surface area (Å²) in [6, 6.07) is 0. The van der Waals surface area contributed by atoms with Crippen molar-refractivity contribution in [3.63, 3.8) is 0 Å². The normalized spacial score (nSPS) is 22.7. The highest BCUT2D eigenvalue weighted by molar-refractivity contribution is 5.91. The molecule has 0 saturated carbocycles. The van der Waals surface area contributed by atoms with Crippen LogP contribution in [-0.4, -0.2) is 41.6 Å². The molecule has 0 bridgehead atoms. The van der Waals surface area contributed by atoms with Gasteiger partial charge in [0.2, 0.25) is 0 Å². The molecule has 0 unspecified atom stereocenters. The molecule has 4 nitrogen and oxygen atoms in total. The molecule has 1 aliphatic rings. The van der Waals surface area contributed by atoms with E-state index < -0.39 is 23.6 Å². The first kappa shape index (κ1) is 10.9. The maximum atomic E-state index is 12.8. The van der Waals surface area contributed by atoms with Gasteiger partial charge in [0.1, 0.15) is 5.60 Å². The van der Waals surface area contributed by atoms with Crippen LogP contribution in [0.25, 0.3) is 0 Å². The minimum absolute atomic E-state index is 0.184. The summed E-state index contributed by atoms with van der Waals surface area (Å²) < 4.78 is 17.7. The summed E-state index contributed by atoms with van der Waals surface area (Å²) in [6.45, 7) is 4.78. The number of alkyl halides is 1. The van der Waals surface area contributed by atoms with Gasteiger partial charge in [0.15, 0.2) is 12.0 Å². The van der Waals surface area contributed by atoms with Crippen LogP contribution in [0, 0.1) is 0 Å². The summed E-state index contributed by atoms with van der Waals surface area (Å²) in [4.78, 5) is 23.2. The second-order valence-electron chi connectivity index (χ2n) is 4.29. The molecular weight excluding hydrogens is 189 g/mol. The Bertz CT molecular complexity index is 259. The van der Waals surface area contributed by atoms with Crippen LogP contribution in [0.1, 0.15) is 20.8 Å². The molecule has 80 valence electrons. The van der Waals surface area contributed by atoms with Crippen LogP contribution < -0.4 is 0 Å². The van der Waals surface area contributed by atoms with E-state index >= 15 is 0 Å². The quantitative estimate of drug-likeness (QED) is 0.593. The van der Waals surface area contributed by atoms with Gasteiger partial charge in [-0.3, -0.25) is 9.69 Å². The van der Waals surface area contributed by atoms with E-state index in [9.17, 15) is 14.0 Å². The van der Waals surface area contributed by atoms with Gasteiger partial charge in [-0.1, -0.05) is 0 Å². The molecule has 1 saturated heterocycles. The maximum Gasteiger partial charge on any atom is 0.410 e. The van der Waals surface area contributed by atoms with E-state index in [1.54, 1.807) is 20.8 Å². The van der Waals surface area contributed by atoms with Crippen molar-refractivity contribution >= 4 is 11.9 Å². The molecule has 0 aliphatic carbocycles. The molecule has 1 amide bonds. The number of ether oxygens (including phenoxy) is 1. The third-order valence-corrected chi connectivity index (χ3v) is 1.73. The molecule has 0 N–H and O–H groups in total. The number of nitrogens with zero attached hydrogens (tertiary/aromatic N) is 1. The largest absolute Gasteiger partial charge is 0.444 e. The van der Waals surface area contributed by atoms with E-state index in [4.69, 9.17) is 4.74 Å². The monoisotopic (exact) mass is 203 g/mol. The van der Waals surface area contributed by atoms with E-state index in [2.05, 4.69) is 0 Å². The minimum Gasteiger partial charge on any atom is -0.444 e. The van der Waals surface area contributed by atoms with E-state index in [1.165, 1.54) is 0 Å². The SMILES string of the molecule is CC(C)(C)OC(=O)N1CC(=O)[C@@H](F)C1. The van der Waals surface area contributed by atoms with Crippen LogP contribution >= 0.6 is 0 Å². The van der Waals surface area contributed by atoms with Crippen molar-refractivity contribution in [3.05, 3.63) is 0 Å². The first-order chi connectivity index (χ1) is 6.29. The van der Waals surface area contributed by atoms with Crippen molar-refractivity contribution < 1.29 is 18.7 Å². The third kappa shape index (κ3) is 2.68. The number of hydrogen-bond acceptors (Lipinski definition) is 3. The number of Topliss-reactive ketones (excluding diaryl/α,β-unsaturated/α-hetero) is 1. The fourth-order valence-electron chi connectivity index (χ4n) is 1.11. The lowest BCUT2D eigenvalue weighted by molar-refractivity contribution is -0.120. The predicted octanol–water partition coefficient (Wildman–Crippen LogP) is 1.14. The number of ketones is 1. The summed E-state index contributed by atoms with van der Waals surface area (Å²) in [7, 11) is 0. The van der Waals surface area contributed by atoms with Gasteiger partial charge in [-0.25, -0.2) is 9.18 Å². The fourth-order valence-corrected chi connectivity index (χ4v) is 1.11. The standard InChI is InChI=1S/C9H14FNO3/c1-9(2,3)14-8(13)11-4-6(10)7(12)5-11/h6H,4-5H2,1-3H3/t6-/m0/s1. The van der Waals surface area contributed by atoms with Crippen LogP contribution in [-0.2, 0) is 9.53 Å². The second-order valence-corrected chi connectivity index (χ2v) is 4.29. The summed E-state index contributed by atoms with van der Waals surface area (Å²) in [5.41, 5.74) is -0.617. The van der Waals surface area contributed by atoms with Crippen molar-refractivity contribution in [2.45, 2.75) is 32.5 Å². The van der Waals surface area contributed by atoms with Crippen LogP contribution in [0.15, 0.2) is 0 Å². The molecule has 14 heavy (non-hydrogen) atoms. The van der Waals surface area contributed by atoms with Gasteiger partial charge in [0.25, 0.3) is 0 Å². The highest BCUT2D eigenvalue weighted by Crippen LogP contribution is 2.14. The van der Waals surface area contributed by atoms with Gasteiger partial charge >= 0.3 is 6.09 Å². The summed E-state index contributed by atoms with van der Waals surface area (Å²) in [5, 5.41) is 0. The molecule has 1 rings (SSSR count). The number of halogens is 1. The van der Waals surface area contributed by atoms with Crippen LogP contribution in [0.4, 0.5) is 9.18 Å². The summed E-state index contributed by atoms with van der Waals surface area (Å²) in [6.07, 6.45) is -2.19. The summed E-state index contributed by atoms with van der Waals surface area (Å²) in [5.74, 6) is -0.559. The first-order valence-corrected chi connectivity index (χ1v) is 4.44. The van der Waals surface area contributed by atoms with E-state index in [1.807, 2.05) is 0 Å². The average molecular weight is 203 g/mol. The Balaban J connectivity index is 2.52. The average Bonchev–Trinajstić information content (AvgIpc) is 2.28. The molecular formula is C9H14FNO3. The lowest BCUT2D eigenvalue weighted by Gasteiger charge is -2.23. The maximum absolute atomic E-state index is 12.8. The van der Waals surface area contributed by atoms with Gasteiger partial charge in [-0.15, -0.1) is 0 Å². The number of rotatable bonds is 0. The molecule has 1 aliphatic heterocycles. The Hall–Kier alpha value is -1.13. The zero-order valence-corrected chi connectivity index (χ0v) is 8.54. The smallest absolute Gasteiger partial charge is 0.410 e. The van der Waals surface area contributed by atoms with Crippen LogP contribution in [0.3, 0.4) is 0 Å². The van der Waals surface area contributed by atoms with Gasteiger partial charge in [-0.05, 0) is 20.8 Å². The van der Waals surface area contributed by atoms with Gasteiger partial charge in [-0.2, -0.15) is 0 Å². The Labute approximate surface area is 82.0 Å². The number of hydrogen-bond donors (Lipinski definition) is 0. The number of likely N-dealkylation sites (tertiary alicyclic amines) is 1. The number of carbonyl (C=O) groups excluding carboxylic acids is 2. The Morgan fingerprint density at radius 3 is 2.50 bits per heavy atom. The van der Waals surface area contributed by atoms with Crippen LogP contribution in [0.5, 0.6) is 0 Å². The van der Waals surface area contributed by atoms with Crippen molar-refractivity contribution in [2.75, 3.05) is 13.1 Å². The lowest BCUT2D eigenvalue weighted by Crippen LogP contribution is -2.35. The number of carbonyl (C=O) groups is 2. The fraction of sp³-hybridized carbons (Fsp3) is 0.778. The van der Waals surface area contributed by atoms with E-state index in [0.717, 1.165) is 4.90 Å². The molecule has 1 atom stereocenters. The predicted molar refractivity (Wildman–Crippen MR) is 47.7 cm³/mol. The summed E-state index contributed by atoms with van der Waals surface area (Å²) >= 11 is 0. The molecule has 0 spiro atoms. The van der Waals surface area contributed by atoms with E-state index in [-0.39, 0.29) is 13.1 Å².